The maximum absolute atomic E-state index is 12.5. The van der Waals surface area contributed by atoms with E-state index in [4.69, 9.17) is 5.73 Å². The van der Waals surface area contributed by atoms with Gasteiger partial charge in [0.15, 0.2) is 0 Å². The van der Waals surface area contributed by atoms with E-state index in [0.29, 0.717) is 18.0 Å². The number of hydrogen-bond acceptors (Lipinski definition) is 3. The number of nitrogens with two attached hydrogens (primary N) is 1. The Hall–Kier alpha value is -0.910. The average molecular weight is 270 g/mol. The first-order chi connectivity index (χ1) is 8.34. The van der Waals surface area contributed by atoms with Crippen LogP contribution < -0.4 is 5.73 Å². The van der Waals surface area contributed by atoms with Gasteiger partial charge >= 0.3 is 0 Å². The lowest BCUT2D eigenvalue weighted by molar-refractivity contribution is 0.369. The van der Waals surface area contributed by atoms with Crippen molar-refractivity contribution in [2.24, 2.45) is 5.73 Å². The molecule has 0 heterocycles. The third kappa shape index (κ3) is 2.91. The summed E-state index contributed by atoms with van der Waals surface area (Å²) in [6, 6.07) is 5.08. The SMILES string of the molecule is CCN(C(C)C)S(=O)(=O)c1ccc(C)c(CN)c1. The average Bonchev–Trinajstić information content (AvgIpc) is 2.29. The number of aryl methyl sites for hydroxylation is 1. The highest BCUT2D eigenvalue weighted by molar-refractivity contribution is 7.89. The quantitative estimate of drug-likeness (QED) is 0.888. The fourth-order valence-electron chi connectivity index (χ4n) is 1.98. The van der Waals surface area contributed by atoms with Gasteiger partial charge in [-0.2, -0.15) is 4.31 Å². The van der Waals surface area contributed by atoms with Gasteiger partial charge in [0.1, 0.15) is 0 Å². The zero-order valence-electron chi connectivity index (χ0n) is 11.5. The van der Waals surface area contributed by atoms with Gasteiger partial charge in [0, 0.05) is 19.1 Å². The number of benzene rings is 1. The minimum absolute atomic E-state index is 0.0531. The fourth-order valence-corrected chi connectivity index (χ4v) is 3.67. The van der Waals surface area contributed by atoms with Gasteiger partial charge in [0.2, 0.25) is 10.0 Å². The lowest BCUT2D eigenvalue weighted by Crippen LogP contribution is -2.36. The molecule has 0 atom stereocenters. The van der Waals surface area contributed by atoms with Crippen LogP contribution in [0.3, 0.4) is 0 Å². The van der Waals surface area contributed by atoms with Crippen molar-refractivity contribution in [3.05, 3.63) is 29.3 Å². The van der Waals surface area contributed by atoms with E-state index in [9.17, 15) is 8.42 Å². The van der Waals surface area contributed by atoms with Crippen LogP contribution in [0.1, 0.15) is 31.9 Å². The van der Waals surface area contributed by atoms with Crippen molar-refractivity contribution in [1.82, 2.24) is 4.31 Å². The van der Waals surface area contributed by atoms with Crippen molar-refractivity contribution in [1.29, 1.82) is 0 Å². The second-order valence-electron chi connectivity index (χ2n) is 4.59. The van der Waals surface area contributed by atoms with Crippen molar-refractivity contribution in [3.8, 4) is 0 Å². The monoisotopic (exact) mass is 270 g/mol. The van der Waals surface area contributed by atoms with Crippen molar-refractivity contribution < 1.29 is 8.42 Å². The lowest BCUT2D eigenvalue weighted by Gasteiger charge is -2.24. The number of sulfonamides is 1. The molecule has 2 N–H and O–H groups in total. The van der Waals surface area contributed by atoms with Crippen LogP contribution in [0.4, 0.5) is 0 Å². The summed E-state index contributed by atoms with van der Waals surface area (Å²) in [5, 5.41) is 0. The first kappa shape index (κ1) is 15.1. The molecule has 0 aliphatic carbocycles. The second-order valence-corrected chi connectivity index (χ2v) is 6.49. The molecule has 0 saturated carbocycles. The van der Waals surface area contributed by atoms with E-state index in [1.165, 1.54) is 4.31 Å². The molecular formula is C13H22N2O2S. The molecule has 18 heavy (non-hydrogen) atoms. The number of hydrogen-bond donors (Lipinski definition) is 1. The highest BCUT2D eigenvalue weighted by Crippen LogP contribution is 2.20. The molecule has 0 radical (unpaired) electrons. The molecule has 0 amide bonds. The number of rotatable bonds is 5. The van der Waals surface area contributed by atoms with Gasteiger partial charge < -0.3 is 5.73 Å². The normalized spacial score (nSPS) is 12.4. The van der Waals surface area contributed by atoms with E-state index in [1.807, 2.05) is 33.8 Å². The Balaban J connectivity index is 3.28. The molecular weight excluding hydrogens is 248 g/mol. The molecule has 1 rings (SSSR count). The Morgan fingerprint density at radius 2 is 1.94 bits per heavy atom. The standard InChI is InChI=1S/C13H22N2O2S/c1-5-15(10(2)3)18(16,17)13-7-6-11(4)12(8-13)9-14/h6-8,10H,5,9,14H2,1-4H3. The van der Waals surface area contributed by atoms with Gasteiger partial charge in [-0.3, -0.25) is 0 Å². The molecule has 102 valence electrons. The highest BCUT2D eigenvalue weighted by Gasteiger charge is 2.25. The molecule has 0 aliphatic heterocycles. The van der Waals surface area contributed by atoms with Crippen LogP contribution in [0.2, 0.25) is 0 Å². The highest BCUT2D eigenvalue weighted by atomic mass is 32.2. The van der Waals surface area contributed by atoms with Gasteiger partial charge in [-0.15, -0.1) is 0 Å². The summed E-state index contributed by atoms with van der Waals surface area (Å²) >= 11 is 0. The Bertz CT molecular complexity index is 510. The second kappa shape index (κ2) is 5.82. The van der Waals surface area contributed by atoms with Crippen molar-refractivity contribution in [3.63, 3.8) is 0 Å². The van der Waals surface area contributed by atoms with E-state index >= 15 is 0 Å². The molecule has 0 unspecified atom stereocenters. The van der Waals surface area contributed by atoms with Crippen LogP contribution >= 0.6 is 0 Å². The van der Waals surface area contributed by atoms with E-state index in [0.717, 1.165) is 11.1 Å². The largest absolute Gasteiger partial charge is 0.326 e. The topological polar surface area (TPSA) is 63.4 Å². The van der Waals surface area contributed by atoms with E-state index in [2.05, 4.69) is 0 Å². The van der Waals surface area contributed by atoms with Gasteiger partial charge in [-0.25, -0.2) is 8.42 Å². The first-order valence-electron chi connectivity index (χ1n) is 6.16. The molecule has 4 nitrogen and oxygen atoms in total. The van der Waals surface area contributed by atoms with Gasteiger partial charge in [0.05, 0.1) is 4.90 Å². The summed E-state index contributed by atoms with van der Waals surface area (Å²) < 4.78 is 26.4. The van der Waals surface area contributed by atoms with E-state index in [1.54, 1.807) is 12.1 Å². The Morgan fingerprint density at radius 3 is 2.39 bits per heavy atom. The first-order valence-corrected chi connectivity index (χ1v) is 7.60. The summed E-state index contributed by atoms with van der Waals surface area (Å²) in [6.45, 7) is 8.33. The van der Waals surface area contributed by atoms with Gasteiger partial charge in [-0.05, 0) is 44.0 Å². The molecule has 5 heteroatoms. The minimum Gasteiger partial charge on any atom is -0.326 e. The van der Waals surface area contributed by atoms with Crippen LogP contribution in [0.15, 0.2) is 23.1 Å². The molecule has 1 aromatic carbocycles. The van der Waals surface area contributed by atoms with Crippen molar-refractivity contribution in [2.75, 3.05) is 6.54 Å². The van der Waals surface area contributed by atoms with E-state index in [-0.39, 0.29) is 6.04 Å². The smallest absolute Gasteiger partial charge is 0.243 e. The zero-order chi connectivity index (χ0) is 13.9. The zero-order valence-corrected chi connectivity index (χ0v) is 12.3. The number of nitrogens with zero attached hydrogens (tertiary/aromatic N) is 1. The summed E-state index contributed by atoms with van der Waals surface area (Å²) in [5.74, 6) is 0. The molecule has 0 bridgehead atoms. The lowest BCUT2D eigenvalue weighted by atomic mass is 10.1. The van der Waals surface area contributed by atoms with Crippen molar-refractivity contribution in [2.45, 2.75) is 45.2 Å². The fraction of sp³-hybridized carbons (Fsp3) is 0.538. The molecule has 1 aromatic rings. The van der Waals surface area contributed by atoms with Crippen LogP contribution in [0.5, 0.6) is 0 Å². The molecule has 0 aromatic heterocycles. The summed E-state index contributed by atoms with van der Waals surface area (Å²) in [6.07, 6.45) is 0. The molecule has 0 spiro atoms. The third-order valence-electron chi connectivity index (χ3n) is 3.03. The molecule has 0 fully saturated rings. The maximum atomic E-state index is 12.5. The van der Waals surface area contributed by atoms with Crippen LogP contribution in [-0.4, -0.2) is 25.3 Å². The third-order valence-corrected chi connectivity index (χ3v) is 5.18. The van der Waals surface area contributed by atoms with Gasteiger partial charge in [0.25, 0.3) is 0 Å². The summed E-state index contributed by atoms with van der Waals surface area (Å²) in [5.41, 5.74) is 7.51. The Labute approximate surface area is 110 Å². The van der Waals surface area contributed by atoms with Crippen LogP contribution in [-0.2, 0) is 16.6 Å². The van der Waals surface area contributed by atoms with Crippen LogP contribution in [0.25, 0.3) is 0 Å². The minimum atomic E-state index is -3.42. The Kier molecular flexibility index (Phi) is 4.90. The van der Waals surface area contributed by atoms with Crippen LogP contribution in [0, 0.1) is 6.92 Å². The van der Waals surface area contributed by atoms with E-state index < -0.39 is 10.0 Å². The maximum Gasteiger partial charge on any atom is 0.243 e. The van der Waals surface area contributed by atoms with Crippen molar-refractivity contribution >= 4 is 10.0 Å². The summed E-state index contributed by atoms with van der Waals surface area (Å²) in [7, 11) is -3.42. The Morgan fingerprint density at radius 1 is 1.33 bits per heavy atom. The van der Waals surface area contributed by atoms with Gasteiger partial charge in [-0.1, -0.05) is 13.0 Å². The molecule has 0 saturated heterocycles. The molecule has 0 aliphatic rings. The predicted molar refractivity (Wildman–Crippen MR) is 73.8 cm³/mol. The predicted octanol–water partition coefficient (Wildman–Crippen LogP) is 1.87. The summed E-state index contributed by atoms with van der Waals surface area (Å²) in [4.78, 5) is 0.323.